The lowest BCUT2D eigenvalue weighted by molar-refractivity contribution is -0.145. The molecular formula is C8H14O4. The number of rotatable bonds is 2. The van der Waals surface area contributed by atoms with Crippen LogP contribution in [0.3, 0.4) is 0 Å². The number of aliphatic hydroxyl groups is 1. The fraction of sp³-hybridized carbons (Fsp3) is 0.875. The number of carbonyl (C=O) groups excluding carboxylic acids is 1. The molecule has 0 spiro atoms. The highest BCUT2D eigenvalue weighted by atomic mass is 16.5. The molecule has 1 fully saturated rings. The molecule has 1 heterocycles. The van der Waals surface area contributed by atoms with Crippen LogP contribution in [0, 0.1) is 5.92 Å². The molecule has 12 heavy (non-hydrogen) atoms. The first-order chi connectivity index (χ1) is 5.65. The Labute approximate surface area is 71.5 Å². The van der Waals surface area contributed by atoms with Gasteiger partial charge in [0.2, 0.25) is 0 Å². The van der Waals surface area contributed by atoms with Crippen LogP contribution in [0.2, 0.25) is 0 Å². The van der Waals surface area contributed by atoms with Crippen LogP contribution in [0.15, 0.2) is 0 Å². The Morgan fingerprint density at radius 2 is 2.42 bits per heavy atom. The largest absolute Gasteiger partial charge is 0.469 e. The molecule has 0 bridgehead atoms. The summed E-state index contributed by atoms with van der Waals surface area (Å²) in [4.78, 5) is 11.0. The van der Waals surface area contributed by atoms with Crippen LogP contribution in [0.1, 0.15) is 13.3 Å². The van der Waals surface area contributed by atoms with E-state index in [4.69, 9.17) is 9.84 Å². The molecule has 4 heteroatoms. The van der Waals surface area contributed by atoms with Gasteiger partial charge in [0.15, 0.2) is 0 Å². The Hall–Kier alpha value is -0.610. The molecule has 1 N–H and O–H groups in total. The lowest BCUT2D eigenvalue weighted by atomic mass is 10.0. The Morgan fingerprint density at radius 1 is 1.75 bits per heavy atom. The zero-order valence-electron chi connectivity index (χ0n) is 7.32. The van der Waals surface area contributed by atoms with Crippen molar-refractivity contribution < 1.29 is 19.4 Å². The van der Waals surface area contributed by atoms with Gasteiger partial charge in [0.05, 0.1) is 31.8 Å². The molecule has 70 valence electrons. The van der Waals surface area contributed by atoms with Crippen LogP contribution in [0.5, 0.6) is 0 Å². The Bertz CT molecular complexity index is 166. The highest BCUT2D eigenvalue weighted by Crippen LogP contribution is 2.22. The van der Waals surface area contributed by atoms with Gasteiger partial charge in [-0.1, -0.05) is 0 Å². The van der Waals surface area contributed by atoms with E-state index in [9.17, 15) is 4.79 Å². The van der Waals surface area contributed by atoms with Crippen molar-refractivity contribution >= 4 is 5.97 Å². The van der Waals surface area contributed by atoms with Crippen molar-refractivity contribution in [3.63, 3.8) is 0 Å². The standard InChI is InChI=1S/C8H14O4/c1-5(9)7-3-6(4-12-7)8(10)11-2/h5-7,9H,3-4H2,1-2H3. The van der Waals surface area contributed by atoms with E-state index in [-0.39, 0.29) is 18.0 Å². The molecule has 1 aliphatic rings. The highest BCUT2D eigenvalue weighted by Gasteiger charge is 2.33. The molecule has 1 aliphatic heterocycles. The second-order valence-electron chi connectivity index (χ2n) is 3.07. The van der Waals surface area contributed by atoms with E-state index in [0.717, 1.165) is 0 Å². The van der Waals surface area contributed by atoms with Crippen molar-refractivity contribution in [3.05, 3.63) is 0 Å². The molecule has 0 saturated carbocycles. The molecule has 0 aromatic carbocycles. The van der Waals surface area contributed by atoms with Crippen molar-refractivity contribution in [3.8, 4) is 0 Å². The summed E-state index contributed by atoms with van der Waals surface area (Å²) in [6, 6.07) is 0. The molecule has 0 radical (unpaired) electrons. The number of hydrogen-bond donors (Lipinski definition) is 1. The van der Waals surface area contributed by atoms with Gasteiger partial charge in [-0.25, -0.2) is 0 Å². The first-order valence-electron chi connectivity index (χ1n) is 4.02. The first kappa shape index (κ1) is 9.48. The topological polar surface area (TPSA) is 55.8 Å². The number of aliphatic hydroxyl groups excluding tert-OH is 1. The smallest absolute Gasteiger partial charge is 0.311 e. The highest BCUT2D eigenvalue weighted by molar-refractivity contribution is 5.72. The predicted molar refractivity (Wildman–Crippen MR) is 41.5 cm³/mol. The van der Waals surface area contributed by atoms with Gasteiger partial charge in [0.25, 0.3) is 0 Å². The number of hydrogen-bond acceptors (Lipinski definition) is 4. The maximum atomic E-state index is 11.0. The van der Waals surface area contributed by atoms with Gasteiger partial charge in [-0.2, -0.15) is 0 Å². The maximum absolute atomic E-state index is 11.0. The van der Waals surface area contributed by atoms with Gasteiger partial charge in [-0.3, -0.25) is 4.79 Å². The van der Waals surface area contributed by atoms with Crippen LogP contribution in [-0.2, 0) is 14.3 Å². The Kier molecular flexibility index (Phi) is 3.05. The summed E-state index contributed by atoms with van der Waals surface area (Å²) in [5, 5.41) is 9.15. The fourth-order valence-electron chi connectivity index (χ4n) is 1.32. The number of carbonyl (C=O) groups is 1. The quantitative estimate of drug-likeness (QED) is 0.596. The van der Waals surface area contributed by atoms with Crippen LogP contribution in [-0.4, -0.2) is 37.0 Å². The Balaban J connectivity index is 2.40. The average Bonchev–Trinajstić information content (AvgIpc) is 2.51. The molecular weight excluding hydrogens is 160 g/mol. The summed E-state index contributed by atoms with van der Waals surface area (Å²) >= 11 is 0. The third kappa shape index (κ3) is 1.95. The average molecular weight is 174 g/mol. The predicted octanol–water partition coefficient (Wildman–Crippen LogP) is -0.0547. The normalized spacial score (nSPS) is 31.6. The van der Waals surface area contributed by atoms with E-state index in [1.54, 1.807) is 6.92 Å². The van der Waals surface area contributed by atoms with Crippen LogP contribution >= 0.6 is 0 Å². The van der Waals surface area contributed by atoms with Crippen molar-refractivity contribution in [1.29, 1.82) is 0 Å². The van der Waals surface area contributed by atoms with Gasteiger partial charge in [0.1, 0.15) is 0 Å². The zero-order chi connectivity index (χ0) is 9.14. The molecule has 1 rings (SSSR count). The lowest BCUT2D eigenvalue weighted by Crippen LogP contribution is -2.22. The lowest BCUT2D eigenvalue weighted by Gasteiger charge is -2.11. The Morgan fingerprint density at radius 3 is 2.83 bits per heavy atom. The van der Waals surface area contributed by atoms with Crippen LogP contribution in [0.25, 0.3) is 0 Å². The van der Waals surface area contributed by atoms with E-state index in [1.807, 2.05) is 0 Å². The van der Waals surface area contributed by atoms with E-state index in [1.165, 1.54) is 7.11 Å². The summed E-state index contributed by atoms with van der Waals surface area (Å²) in [6.07, 6.45) is -0.168. The molecule has 0 aromatic rings. The number of esters is 1. The second kappa shape index (κ2) is 3.87. The van der Waals surface area contributed by atoms with E-state index in [2.05, 4.69) is 4.74 Å². The van der Waals surface area contributed by atoms with E-state index < -0.39 is 6.10 Å². The summed E-state index contributed by atoms with van der Waals surface area (Å²) in [5.41, 5.74) is 0. The molecule has 3 atom stereocenters. The molecule has 0 aromatic heterocycles. The summed E-state index contributed by atoms with van der Waals surface area (Å²) < 4.78 is 9.76. The van der Waals surface area contributed by atoms with Gasteiger partial charge < -0.3 is 14.6 Å². The van der Waals surface area contributed by atoms with E-state index >= 15 is 0 Å². The van der Waals surface area contributed by atoms with Crippen LogP contribution < -0.4 is 0 Å². The molecule has 1 saturated heterocycles. The minimum absolute atomic E-state index is 0.199. The van der Waals surface area contributed by atoms with Crippen molar-refractivity contribution in [2.24, 2.45) is 5.92 Å². The maximum Gasteiger partial charge on any atom is 0.311 e. The molecule has 0 aliphatic carbocycles. The molecule has 0 amide bonds. The van der Waals surface area contributed by atoms with E-state index in [0.29, 0.717) is 13.0 Å². The third-order valence-electron chi connectivity index (χ3n) is 2.10. The first-order valence-corrected chi connectivity index (χ1v) is 4.02. The van der Waals surface area contributed by atoms with Gasteiger partial charge in [0, 0.05) is 0 Å². The summed E-state index contributed by atoms with van der Waals surface area (Å²) in [7, 11) is 1.36. The molecule has 4 nitrogen and oxygen atoms in total. The minimum atomic E-state index is -0.514. The summed E-state index contributed by atoms with van der Waals surface area (Å²) in [6.45, 7) is 2.02. The monoisotopic (exact) mass is 174 g/mol. The zero-order valence-corrected chi connectivity index (χ0v) is 7.32. The van der Waals surface area contributed by atoms with Crippen molar-refractivity contribution in [2.45, 2.75) is 25.6 Å². The van der Waals surface area contributed by atoms with Crippen molar-refractivity contribution in [1.82, 2.24) is 0 Å². The summed E-state index contributed by atoms with van der Waals surface area (Å²) in [5.74, 6) is -0.451. The third-order valence-corrected chi connectivity index (χ3v) is 2.10. The fourth-order valence-corrected chi connectivity index (χ4v) is 1.32. The van der Waals surface area contributed by atoms with Gasteiger partial charge in [-0.05, 0) is 13.3 Å². The second-order valence-corrected chi connectivity index (χ2v) is 3.07. The van der Waals surface area contributed by atoms with Gasteiger partial charge in [-0.15, -0.1) is 0 Å². The SMILES string of the molecule is COC(=O)C1COC(C(C)O)C1. The van der Waals surface area contributed by atoms with Crippen molar-refractivity contribution in [2.75, 3.05) is 13.7 Å². The number of methoxy groups -OCH3 is 1. The minimum Gasteiger partial charge on any atom is -0.469 e. The number of ether oxygens (including phenoxy) is 2. The van der Waals surface area contributed by atoms with Gasteiger partial charge >= 0.3 is 5.97 Å². The molecule has 3 unspecified atom stereocenters. The van der Waals surface area contributed by atoms with Crippen LogP contribution in [0.4, 0.5) is 0 Å².